The van der Waals surface area contributed by atoms with Gasteiger partial charge in [-0.3, -0.25) is 24.0 Å². The molecule has 3 aromatic rings. The highest BCUT2D eigenvalue weighted by Crippen LogP contribution is 2.10. The van der Waals surface area contributed by atoms with Crippen molar-refractivity contribution in [2.75, 3.05) is 37.6 Å². The molecule has 0 aromatic carbocycles. The molecule has 1 aliphatic rings. The number of aromatic amines is 1. The van der Waals surface area contributed by atoms with E-state index in [0.717, 1.165) is 17.7 Å². The summed E-state index contributed by atoms with van der Waals surface area (Å²) in [5.74, 6) is 1.14. The van der Waals surface area contributed by atoms with Crippen LogP contribution in [0.5, 0.6) is 0 Å². The highest BCUT2D eigenvalue weighted by molar-refractivity contribution is 5.37. The molecule has 0 unspecified atom stereocenters. The lowest BCUT2D eigenvalue weighted by Crippen LogP contribution is -2.49. The van der Waals surface area contributed by atoms with E-state index in [0.29, 0.717) is 37.8 Å². The maximum absolute atomic E-state index is 12.1. The van der Waals surface area contributed by atoms with Crippen LogP contribution in [0.25, 0.3) is 5.82 Å². The summed E-state index contributed by atoms with van der Waals surface area (Å²) in [6.45, 7) is 4.01. The summed E-state index contributed by atoms with van der Waals surface area (Å²) in [5, 5.41) is 8.52. The first-order valence-corrected chi connectivity index (χ1v) is 9.37. The van der Waals surface area contributed by atoms with Crippen LogP contribution < -0.4 is 21.7 Å². The van der Waals surface area contributed by atoms with Crippen LogP contribution in [-0.2, 0) is 13.6 Å². The molecule has 0 aliphatic carbocycles. The Kier molecular flexibility index (Phi) is 5.12. The van der Waals surface area contributed by atoms with E-state index < -0.39 is 5.69 Å². The van der Waals surface area contributed by atoms with Gasteiger partial charge in [0.2, 0.25) is 0 Å². The molecule has 1 aliphatic heterocycles. The molecule has 0 amide bonds. The third kappa shape index (κ3) is 4.04. The summed E-state index contributed by atoms with van der Waals surface area (Å²) in [5.41, 5.74) is -0.900. The van der Waals surface area contributed by atoms with Crippen LogP contribution in [-0.4, -0.2) is 66.7 Å². The van der Waals surface area contributed by atoms with E-state index >= 15 is 0 Å². The van der Waals surface area contributed by atoms with E-state index in [2.05, 4.69) is 20.1 Å². The minimum absolute atomic E-state index is 0.155. The van der Waals surface area contributed by atoms with Gasteiger partial charge in [-0.2, -0.15) is 5.10 Å². The quantitative estimate of drug-likeness (QED) is 0.564. The second-order valence-corrected chi connectivity index (χ2v) is 6.89. The molecule has 3 aromatic heterocycles. The van der Waals surface area contributed by atoms with Crippen LogP contribution >= 0.6 is 0 Å². The van der Waals surface area contributed by atoms with Crippen molar-refractivity contribution in [1.29, 1.82) is 0 Å². The minimum Gasteiger partial charge on any atom is -0.355 e. The van der Waals surface area contributed by atoms with Crippen molar-refractivity contribution in [3.05, 3.63) is 67.9 Å². The van der Waals surface area contributed by atoms with E-state index in [1.54, 1.807) is 29.2 Å². The Morgan fingerprint density at radius 2 is 1.83 bits per heavy atom. The number of hydrogen-bond donors (Lipinski definition) is 1. The number of H-pyrrole nitrogens is 1. The van der Waals surface area contributed by atoms with Gasteiger partial charge in [-0.1, -0.05) is 0 Å². The molecule has 1 fully saturated rings. The number of nitrogens with zero attached hydrogens (tertiary/aromatic N) is 7. The largest absolute Gasteiger partial charge is 0.355 e. The van der Waals surface area contributed by atoms with Gasteiger partial charge in [0.05, 0.1) is 6.54 Å². The number of hydrogen-bond acceptors (Lipinski definition) is 7. The Morgan fingerprint density at radius 1 is 1.03 bits per heavy atom. The zero-order chi connectivity index (χ0) is 20.4. The van der Waals surface area contributed by atoms with Crippen molar-refractivity contribution in [2.45, 2.75) is 6.54 Å². The predicted molar refractivity (Wildman–Crippen MR) is 107 cm³/mol. The summed E-state index contributed by atoms with van der Waals surface area (Å²) < 4.78 is 4.10. The molecule has 0 spiro atoms. The lowest BCUT2D eigenvalue weighted by atomic mass is 10.3. The summed E-state index contributed by atoms with van der Waals surface area (Å²) in [4.78, 5) is 42.7. The molecule has 0 radical (unpaired) electrons. The van der Waals surface area contributed by atoms with E-state index in [-0.39, 0.29) is 11.1 Å². The SMILES string of the molecule is Cn1c(=O)cc(N2CCN(CCn3nc(-n4cccn4)ccc3=O)CC2)[nH]c1=O. The lowest BCUT2D eigenvalue weighted by molar-refractivity contribution is 0.242. The van der Waals surface area contributed by atoms with Crippen LogP contribution in [0, 0.1) is 0 Å². The standard InChI is InChI=1S/C18H22N8O3/c1-22-17(28)13-15(20-18(22)29)24-10-7-23(8-11-24)9-12-26-16(27)4-3-14(21-26)25-6-2-5-19-25/h2-6,13H,7-12H2,1H3,(H,20,29). The van der Waals surface area contributed by atoms with Crippen molar-refractivity contribution in [3.8, 4) is 5.82 Å². The van der Waals surface area contributed by atoms with Gasteiger partial charge >= 0.3 is 5.69 Å². The Labute approximate surface area is 165 Å². The lowest BCUT2D eigenvalue weighted by Gasteiger charge is -2.35. The van der Waals surface area contributed by atoms with Crippen LogP contribution in [0.1, 0.15) is 0 Å². The molecule has 11 nitrogen and oxygen atoms in total. The molecular formula is C18H22N8O3. The molecule has 1 saturated heterocycles. The van der Waals surface area contributed by atoms with Gasteiger partial charge in [0.1, 0.15) is 5.82 Å². The molecule has 0 bridgehead atoms. The minimum atomic E-state index is -0.419. The first kappa shape index (κ1) is 18.9. The van der Waals surface area contributed by atoms with E-state index in [4.69, 9.17) is 0 Å². The van der Waals surface area contributed by atoms with Gasteiger partial charge in [0.15, 0.2) is 5.82 Å². The van der Waals surface area contributed by atoms with Crippen LogP contribution in [0.3, 0.4) is 0 Å². The molecular weight excluding hydrogens is 376 g/mol. The van der Waals surface area contributed by atoms with Crippen molar-refractivity contribution in [1.82, 2.24) is 34.0 Å². The Bertz CT molecular complexity index is 1120. The Hall–Kier alpha value is -3.47. The van der Waals surface area contributed by atoms with Crippen molar-refractivity contribution in [3.63, 3.8) is 0 Å². The molecule has 0 atom stereocenters. The van der Waals surface area contributed by atoms with Crippen LogP contribution in [0.4, 0.5) is 5.82 Å². The Morgan fingerprint density at radius 3 is 2.52 bits per heavy atom. The third-order valence-electron chi connectivity index (χ3n) is 5.06. The van der Waals surface area contributed by atoms with Crippen molar-refractivity contribution >= 4 is 5.82 Å². The maximum Gasteiger partial charge on any atom is 0.329 e. The Balaban J connectivity index is 1.37. The fraction of sp³-hybridized carbons (Fsp3) is 0.389. The third-order valence-corrected chi connectivity index (χ3v) is 5.06. The topological polar surface area (TPSA) is 114 Å². The van der Waals surface area contributed by atoms with Gasteiger partial charge in [0, 0.05) is 64.3 Å². The molecule has 4 rings (SSSR count). The fourth-order valence-corrected chi connectivity index (χ4v) is 3.29. The molecule has 4 heterocycles. The first-order chi connectivity index (χ1) is 14.0. The molecule has 11 heteroatoms. The predicted octanol–water partition coefficient (Wildman–Crippen LogP) is -1.36. The van der Waals surface area contributed by atoms with Gasteiger partial charge in [-0.05, 0) is 12.1 Å². The van der Waals surface area contributed by atoms with Crippen molar-refractivity contribution < 1.29 is 0 Å². The zero-order valence-electron chi connectivity index (χ0n) is 16.1. The summed E-state index contributed by atoms with van der Waals surface area (Å²) in [7, 11) is 1.44. The average Bonchev–Trinajstić information content (AvgIpc) is 3.26. The molecule has 29 heavy (non-hydrogen) atoms. The number of piperazine rings is 1. The number of nitrogens with one attached hydrogen (secondary N) is 1. The van der Waals surface area contributed by atoms with Crippen LogP contribution in [0.15, 0.2) is 51.0 Å². The first-order valence-electron chi connectivity index (χ1n) is 9.37. The number of rotatable bonds is 5. The number of aromatic nitrogens is 6. The van der Waals surface area contributed by atoms with Gasteiger partial charge < -0.3 is 4.90 Å². The maximum atomic E-state index is 12.1. The normalized spacial score (nSPS) is 15.0. The van der Waals surface area contributed by atoms with Crippen LogP contribution in [0.2, 0.25) is 0 Å². The number of anilines is 1. The second kappa shape index (κ2) is 7.87. The smallest absolute Gasteiger partial charge is 0.329 e. The van der Waals surface area contributed by atoms with Gasteiger partial charge in [-0.15, -0.1) is 5.10 Å². The van der Waals surface area contributed by atoms with E-state index in [9.17, 15) is 14.4 Å². The summed E-state index contributed by atoms with van der Waals surface area (Å²) >= 11 is 0. The highest BCUT2D eigenvalue weighted by Gasteiger charge is 2.19. The van der Waals surface area contributed by atoms with Crippen molar-refractivity contribution in [2.24, 2.45) is 7.05 Å². The monoisotopic (exact) mass is 398 g/mol. The zero-order valence-corrected chi connectivity index (χ0v) is 16.1. The molecule has 1 N–H and O–H groups in total. The molecule has 0 saturated carbocycles. The average molecular weight is 398 g/mol. The van der Waals surface area contributed by atoms with Gasteiger partial charge in [0.25, 0.3) is 11.1 Å². The second-order valence-electron chi connectivity index (χ2n) is 6.89. The van der Waals surface area contributed by atoms with E-state index in [1.165, 1.54) is 23.9 Å². The van der Waals surface area contributed by atoms with Gasteiger partial charge in [-0.25, -0.2) is 14.2 Å². The summed E-state index contributed by atoms with van der Waals surface area (Å²) in [6, 6.07) is 6.39. The summed E-state index contributed by atoms with van der Waals surface area (Å²) in [6.07, 6.45) is 3.43. The van der Waals surface area contributed by atoms with E-state index in [1.807, 2.05) is 4.90 Å². The fourth-order valence-electron chi connectivity index (χ4n) is 3.29. The highest BCUT2D eigenvalue weighted by atomic mass is 16.2. The molecule has 152 valence electrons.